The van der Waals surface area contributed by atoms with Crippen LogP contribution in [0.25, 0.3) is 0 Å². The predicted molar refractivity (Wildman–Crippen MR) is 51.6 cm³/mol. The van der Waals surface area contributed by atoms with Gasteiger partial charge in [-0.15, -0.1) is 5.10 Å². The summed E-state index contributed by atoms with van der Waals surface area (Å²) < 4.78 is 5.66. The number of rotatable bonds is 2. The summed E-state index contributed by atoms with van der Waals surface area (Å²) in [5, 5.41) is 3.67. The van der Waals surface area contributed by atoms with Crippen LogP contribution in [0.2, 0.25) is 0 Å². The van der Waals surface area contributed by atoms with Crippen LogP contribution in [0.3, 0.4) is 0 Å². The molecular weight excluding hydrogens is 196 g/mol. The Morgan fingerprint density at radius 2 is 2.00 bits per heavy atom. The number of carbonyl (C=O) groups excluding carboxylic acids is 1. The summed E-state index contributed by atoms with van der Waals surface area (Å²) in [6, 6.07) is 8.53. The summed E-state index contributed by atoms with van der Waals surface area (Å²) in [5.41, 5.74) is 0.444. The van der Waals surface area contributed by atoms with Crippen LogP contribution in [0, 0.1) is 0 Å². The zero-order chi connectivity index (χ0) is 10.8. The van der Waals surface area contributed by atoms with Gasteiger partial charge in [0.2, 0.25) is 5.78 Å². The van der Waals surface area contributed by atoms with E-state index in [0.717, 1.165) is 4.68 Å². The van der Waals surface area contributed by atoms with Gasteiger partial charge >= 0.3 is 5.76 Å². The topological polar surface area (TPSA) is 65.1 Å². The first-order valence-corrected chi connectivity index (χ1v) is 4.32. The van der Waals surface area contributed by atoms with Gasteiger partial charge in [0.1, 0.15) is 0 Å². The predicted octanol–water partition coefficient (Wildman–Crippen LogP) is 0.604. The van der Waals surface area contributed by atoms with E-state index in [-0.39, 0.29) is 5.89 Å². The molecular formula is C10H8N2O3. The summed E-state index contributed by atoms with van der Waals surface area (Å²) in [5.74, 6) is -1.23. The molecule has 0 unspecified atom stereocenters. The Kier molecular flexibility index (Phi) is 2.21. The van der Waals surface area contributed by atoms with Crippen molar-refractivity contribution in [2.24, 2.45) is 7.05 Å². The Morgan fingerprint density at radius 1 is 1.33 bits per heavy atom. The lowest BCUT2D eigenvalue weighted by Crippen LogP contribution is -2.10. The van der Waals surface area contributed by atoms with Gasteiger partial charge in [0, 0.05) is 12.6 Å². The fourth-order valence-electron chi connectivity index (χ4n) is 1.15. The van der Waals surface area contributed by atoms with E-state index in [0.29, 0.717) is 5.56 Å². The van der Waals surface area contributed by atoms with Crippen molar-refractivity contribution in [2.75, 3.05) is 0 Å². The van der Waals surface area contributed by atoms with Crippen LogP contribution in [0.4, 0.5) is 0 Å². The first-order valence-electron chi connectivity index (χ1n) is 4.32. The minimum Gasteiger partial charge on any atom is -0.384 e. The van der Waals surface area contributed by atoms with Gasteiger partial charge < -0.3 is 4.42 Å². The van der Waals surface area contributed by atoms with E-state index in [1.807, 2.05) is 0 Å². The van der Waals surface area contributed by atoms with Crippen LogP contribution in [0.1, 0.15) is 16.2 Å². The zero-order valence-corrected chi connectivity index (χ0v) is 8.01. The summed E-state index contributed by atoms with van der Waals surface area (Å²) in [6.07, 6.45) is 0. The third kappa shape index (κ3) is 1.71. The van der Waals surface area contributed by atoms with Crippen molar-refractivity contribution in [2.45, 2.75) is 0 Å². The van der Waals surface area contributed by atoms with Gasteiger partial charge in [-0.1, -0.05) is 30.3 Å². The normalized spacial score (nSPS) is 10.2. The van der Waals surface area contributed by atoms with Crippen LogP contribution < -0.4 is 5.76 Å². The molecule has 15 heavy (non-hydrogen) atoms. The molecule has 2 aromatic rings. The summed E-state index contributed by atoms with van der Waals surface area (Å²) in [7, 11) is 1.42. The highest BCUT2D eigenvalue weighted by Crippen LogP contribution is 2.05. The highest BCUT2D eigenvalue weighted by Gasteiger charge is 2.16. The minimum atomic E-state index is -0.644. The Morgan fingerprint density at radius 3 is 2.53 bits per heavy atom. The summed E-state index contributed by atoms with van der Waals surface area (Å²) in [6.45, 7) is 0. The second kappa shape index (κ2) is 3.53. The molecule has 0 bridgehead atoms. The van der Waals surface area contributed by atoms with Crippen LogP contribution in [-0.4, -0.2) is 15.6 Å². The molecule has 0 radical (unpaired) electrons. The van der Waals surface area contributed by atoms with Crippen LogP contribution in [-0.2, 0) is 7.05 Å². The molecule has 0 fully saturated rings. The first-order chi connectivity index (χ1) is 7.18. The van der Waals surface area contributed by atoms with Gasteiger partial charge in [-0.2, -0.15) is 4.68 Å². The van der Waals surface area contributed by atoms with Gasteiger partial charge in [0.25, 0.3) is 5.89 Å². The van der Waals surface area contributed by atoms with Gasteiger partial charge in [0.15, 0.2) is 0 Å². The number of aromatic nitrogens is 2. The molecule has 0 atom stereocenters. The highest BCUT2D eigenvalue weighted by molar-refractivity contribution is 6.05. The SMILES string of the molecule is Cn1nc(C(=O)c2ccccc2)oc1=O. The van der Waals surface area contributed by atoms with Gasteiger partial charge in [-0.05, 0) is 0 Å². The molecule has 0 N–H and O–H groups in total. The number of carbonyl (C=O) groups is 1. The van der Waals surface area contributed by atoms with Crippen molar-refractivity contribution in [3.63, 3.8) is 0 Å². The molecule has 1 aromatic carbocycles. The fraction of sp³-hybridized carbons (Fsp3) is 0.100. The molecule has 5 nitrogen and oxygen atoms in total. The first kappa shape index (κ1) is 9.39. The fourth-order valence-corrected chi connectivity index (χ4v) is 1.15. The molecule has 0 aliphatic carbocycles. The molecule has 0 saturated heterocycles. The van der Waals surface area contributed by atoms with E-state index >= 15 is 0 Å². The number of ketones is 1. The number of nitrogens with zero attached hydrogens (tertiary/aromatic N) is 2. The Bertz CT molecular complexity index is 539. The molecule has 1 aromatic heterocycles. The van der Waals surface area contributed by atoms with E-state index in [1.165, 1.54) is 7.05 Å². The smallest absolute Gasteiger partial charge is 0.384 e. The third-order valence-electron chi connectivity index (χ3n) is 1.92. The largest absolute Gasteiger partial charge is 0.437 e. The molecule has 1 heterocycles. The number of hydrogen-bond acceptors (Lipinski definition) is 4. The Labute approximate surface area is 85.0 Å². The lowest BCUT2D eigenvalue weighted by atomic mass is 10.1. The molecule has 0 aliphatic rings. The average Bonchev–Trinajstić information content (AvgIpc) is 2.59. The molecule has 5 heteroatoms. The van der Waals surface area contributed by atoms with Crippen LogP contribution in [0.15, 0.2) is 39.5 Å². The van der Waals surface area contributed by atoms with Gasteiger partial charge in [0.05, 0.1) is 0 Å². The summed E-state index contributed by atoms with van der Waals surface area (Å²) >= 11 is 0. The monoisotopic (exact) mass is 204 g/mol. The second-order valence-electron chi connectivity index (χ2n) is 2.99. The van der Waals surface area contributed by atoms with Crippen molar-refractivity contribution < 1.29 is 9.21 Å². The van der Waals surface area contributed by atoms with E-state index in [4.69, 9.17) is 0 Å². The lowest BCUT2D eigenvalue weighted by Gasteiger charge is -1.93. The van der Waals surface area contributed by atoms with Crippen molar-refractivity contribution in [3.05, 3.63) is 52.3 Å². The van der Waals surface area contributed by atoms with Crippen molar-refractivity contribution >= 4 is 5.78 Å². The van der Waals surface area contributed by atoms with E-state index in [1.54, 1.807) is 30.3 Å². The van der Waals surface area contributed by atoms with Crippen molar-refractivity contribution in [1.29, 1.82) is 0 Å². The molecule has 0 amide bonds. The number of benzene rings is 1. The average molecular weight is 204 g/mol. The molecule has 2 rings (SSSR count). The van der Waals surface area contributed by atoms with Gasteiger partial charge in [-0.25, -0.2) is 4.79 Å². The van der Waals surface area contributed by atoms with E-state index in [2.05, 4.69) is 9.52 Å². The van der Waals surface area contributed by atoms with E-state index in [9.17, 15) is 9.59 Å². The highest BCUT2D eigenvalue weighted by atomic mass is 16.4. The van der Waals surface area contributed by atoms with Crippen molar-refractivity contribution in [3.8, 4) is 0 Å². The molecule has 0 saturated carbocycles. The third-order valence-corrected chi connectivity index (χ3v) is 1.92. The number of hydrogen-bond donors (Lipinski definition) is 0. The maximum Gasteiger partial charge on any atom is 0.437 e. The van der Waals surface area contributed by atoms with Gasteiger partial charge in [-0.3, -0.25) is 4.79 Å². The Hall–Kier alpha value is -2.17. The standard InChI is InChI=1S/C10H8N2O3/c1-12-10(14)15-9(11-12)8(13)7-5-3-2-4-6-7/h2-6H,1H3. The molecule has 0 spiro atoms. The van der Waals surface area contributed by atoms with E-state index < -0.39 is 11.5 Å². The van der Waals surface area contributed by atoms with Crippen LogP contribution >= 0.6 is 0 Å². The lowest BCUT2D eigenvalue weighted by molar-refractivity contribution is 0.100. The maximum absolute atomic E-state index is 11.7. The second-order valence-corrected chi connectivity index (χ2v) is 2.99. The maximum atomic E-state index is 11.7. The number of aryl methyl sites for hydroxylation is 1. The zero-order valence-electron chi connectivity index (χ0n) is 8.01. The molecule has 0 aliphatic heterocycles. The van der Waals surface area contributed by atoms with Crippen LogP contribution in [0.5, 0.6) is 0 Å². The summed E-state index contributed by atoms with van der Waals surface area (Å²) in [4.78, 5) is 22.7. The molecule has 76 valence electrons. The minimum absolute atomic E-state index is 0.186. The van der Waals surface area contributed by atoms with Crippen molar-refractivity contribution in [1.82, 2.24) is 9.78 Å². The Balaban J connectivity index is 2.41. The quantitative estimate of drug-likeness (QED) is 0.672.